The number of guanidine groups is 1. The number of hydrogen-bond acceptors (Lipinski definition) is 3. The average molecular weight is 141 g/mol. The van der Waals surface area contributed by atoms with E-state index < -0.39 is 17.7 Å². The molecule has 1 aliphatic rings. The Morgan fingerprint density at radius 2 is 2.20 bits per heavy atom. The van der Waals surface area contributed by atoms with Gasteiger partial charge in [0.25, 0.3) is 5.91 Å². The van der Waals surface area contributed by atoms with Crippen LogP contribution in [-0.2, 0) is 9.59 Å². The third-order valence-corrected chi connectivity index (χ3v) is 1.25. The second-order valence-corrected chi connectivity index (χ2v) is 2.05. The molecule has 1 heterocycles. The molecule has 54 valence electrons. The monoisotopic (exact) mass is 141 g/mol. The van der Waals surface area contributed by atoms with Gasteiger partial charge in [0.15, 0.2) is 0 Å². The van der Waals surface area contributed by atoms with Gasteiger partial charge < -0.3 is 5.73 Å². The summed E-state index contributed by atoms with van der Waals surface area (Å²) in [5.41, 5.74) is 5.07. The molecule has 1 atom stereocenters. The SMILES string of the molecule is CC1C(=O)N=C(N)NC1=O. The maximum Gasteiger partial charge on any atom is 0.261 e. The van der Waals surface area contributed by atoms with Gasteiger partial charge in [-0.25, -0.2) is 0 Å². The minimum atomic E-state index is -0.702. The largest absolute Gasteiger partial charge is 0.369 e. The molecule has 0 spiro atoms. The minimum Gasteiger partial charge on any atom is -0.369 e. The summed E-state index contributed by atoms with van der Waals surface area (Å²) >= 11 is 0. The molecule has 0 saturated heterocycles. The molecule has 0 bridgehead atoms. The standard InChI is InChI=1S/C5H7N3O2/c1-2-3(9)7-5(6)8-4(2)10/h2H,1H3,(H3,6,7,8,9,10). The van der Waals surface area contributed by atoms with Crippen molar-refractivity contribution in [1.82, 2.24) is 5.32 Å². The van der Waals surface area contributed by atoms with Gasteiger partial charge in [-0.15, -0.1) is 0 Å². The Morgan fingerprint density at radius 3 is 2.70 bits per heavy atom. The predicted octanol–water partition coefficient (Wildman–Crippen LogP) is -1.41. The van der Waals surface area contributed by atoms with Crippen molar-refractivity contribution in [2.24, 2.45) is 16.6 Å². The second-order valence-electron chi connectivity index (χ2n) is 2.05. The average Bonchev–Trinajstić information content (AvgIpc) is 1.82. The van der Waals surface area contributed by atoms with Crippen molar-refractivity contribution in [2.45, 2.75) is 6.92 Å². The van der Waals surface area contributed by atoms with Crippen LogP contribution in [0.25, 0.3) is 0 Å². The van der Waals surface area contributed by atoms with Crippen molar-refractivity contribution in [3.63, 3.8) is 0 Å². The molecule has 0 aliphatic carbocycles. The first-order valence-electron chi connectivity index (χ1n) is 2.80. The highest BCUT2D eigenvalue weighted by Crippen LogP contribution is 2.01. The van der Waals surface area contributed by atoms with Gasteiger partial charge in [-0.05, 0) is 6.92 Å². The molecule has 5 heteroatoms. The van der Waals surface area contributed by atoms with Gasteiger partial charge in [0.05, 0.1) is 0 Å². The van der Waals surface area contributed by atoms with Gasteiger partial charge in [0, 0.05) is 0 Å². The zero-order chi connectivity index (χ0) is 7.72. The molecule has 1 rings (SSSR count). The fourth-order valence-corrected chi connectivity index (χ4v) is 0.590. The van der Waals surface area contributed by atoms with E-state index in [1.54, 1.807) is 0 Å². The number of nitrogens with one attached hydrogen (secondary N) is 1. The van der Waals surface area contributed by atoms with E-state index in [1.165, 1.54) is 6.92 Å². The van der Waals surface area contributed by atoms with Crippen LogP contribution in [0, 0.1) is 5.92 Å². The van der Waals surface area contributed by atoms with E-state index >= 15 is 0 Å². The molecule has 0 saturated carbocycles. The summed E-state index contributed by atoms with van der Waals surface area (Å²) in [7, 11) is 0. The van der Waals surface area contributed by atoms with Crippen molar-refractivity contribution >= 4 is 17.8 Å². The van der Waals surface area contributed by atoms with Crippen molar-refractivity contribution in [2.75, 3.05) is 0 Å². The van der Waals surface area contributed by atoms with E-state index in [0.29, 0.717) is 0 Å². The molecule has 0 aromatic carbocycles. The lowest BCUT2D eigenvalue weighted by Crippen LogP contribution is -2.46. The van der Waals surface area contributed by atoms with Crippen LogP contribution in [0.3, 0.4) is 0 Å². The molecule has 0 aromatic rings. The molecule has 0 radical (unpaired) electrons. The number of nitrogens with two attached hydrogens (primary N) is 1. The molecule has 10 heavy (non-hydrogen) atoms. The van der Waals surface area contributed by atoms with Crippen LogP contribution < -0.4 is 11.1 Å². The zero-order valence-electron chi connectivity index (χ0n) is 5.42. The van der Waals surface area contributed by atoms with E-state index in [0.717, 1.165) is 0 Å². The molecule has 1 aliphatic heterocycles. The maximum absolute atomic E-state index is 10.7. The predicted molar refractivity (Wildman–Crippen MR) is 33.9 cm³/mol. The van der Waals surface area contributed by atoms with E-state index in [1.807, 2.05) is 0 Å². The Balaban J connectivity index is 2.89. The fraction of sp³-hybridized carbons (Fsp3) is 0.400. The van der Waals surface area contributed by atoms with Crippen molar-refractivity contribution in [1.29, 1.82) is 0 Å². The second kappa shape index (κ2) is 2.09. The molecule has 0 aromatic heterocycles. The number of carbonyl (C=O) groups excluding carboxylic acids is 2. The van der Waals surface area contributed by atoms with E-state index in [9.17, 15) is 9.59 Å². The highest BCUT2D eigenvalue weighted by atomic mass is 16.2. The van der Waals surface area contributed by atoms with Crippen LogP contribution in [0.2, 0.25) is 0 Å². The minimum absolute atomic E-state index is 0.117. The highest BCUT2D eigenvalue weighted by molar-refractivity contribution is 6.14. The third-order valence-electron chi connectivity index (χ3n) is 1.25. The number of nitrogens with zero attached hydrogens (tertiary/aromatic N) is 1. The topological polar surface area (TPSA) is 84.6 Å². The van der Waals surface area contributed by atoms with Crippen LogP contribution >= 0.6 is 0 Å². The quantitative estimate of drug-likeness (QED) is 0.406. The maximum atomic E-state index is 10.7. The summed E-state index contributed by atoms with van der Waals surface area (Å²) < 4.78 is 0. The van der Waals surface area contributed by atoms with Gasteiger partial charge >= 0.3 is 0 Å². The van der Waals surface area contributed by atoms with Crippen LogP contribution in [0.4, 0.5) is 0 Å². The van der Waals surface area contributed by atoms with Crippen molar-refractivity contribution < 1.29 is 9.59 Å². The van der Waals surface area contributed by atoms with Crippen LogP contribution in [0.5, 0.6) is 0 Å². The first kappa shape index (κ1) is 6.73. The first-order chi connectivity index (χ1) is 4.61. The molecule has 5 nitrogen and oxygen atoms in total. The van der Waals surface area contributed by atoms with Gasteiger partial charge in [-0.3, -0.25) is 14.9 Å². The van der Waals surface area contributed by atoms with Crippen molar-refractivity contribution in [3.8, 4) is 0 Å². The molecule has 1 unspecified atom stereocenters. The lowest BCUT2D eigenvalue weighted by Gasteiger charge is -2.12. The summed E-state index contributed by atoms with van der Waals surface area (Å²) in [6.45, 7) is 1.48. The lowest BCUT2D eigenvalue weighted by atomic mass is 10.1. The summed E-state index contributed by atoms with van der Waals surface area (Å²) in [4.78, 5) is 24.7. The highest BCUT2D eigenvalue weighted by Gasteiger charge is 2.25. The Morgan fingerprint density at radius 1 is 1.60 bits per heavy atom. The molecule has 0 fully saturated rings. The fourth-order valence-electron chi connectivity index (χ4n) is 0.590. The van der Waals surface area contributed by atoms with E-state index in [-0.39, 0.29) is 5.96 Å². The zero-order valence-corrected chi connectivity index (χ0v) is 5.42. The number of carbonyl (C=O) groups is 2. The summed E-state index contributed by atoms with van der Waals surface area (Å²) in [6, 6.07) is 0. The molecular weight excluding hydrogens is 134 g/mol. The number of aliphatic imine (C=N–C) groups is 1. The smallest absolute Gasteiger partial charge is 0.261 e. The van der Waals surface area contributed by atoms with Crippen LogP contribution in [0.15, 0.2) is 4.99 Å². The summed E-state index contributed by atoms with van der Waals surface area (Å²) in [6.07, 6.45) is 0. The summed E-state index contributed by atoms with van der Waals surface area (Å²) in [5.74, 6) is -1.70. The number of amides is 2. The van der Waals surface area contributed by atoms with Crippen LogP contribution in [-0.4, -0.2) is 17.8 Å². The van der Waals surface area contributed by atoms with E-state index in [4.69, 9.17) is 5.73 Å². The Kier molecular flexibility index (Phi) is 1.41. The normalized spacial score (nSPS) is 25.7. The third kappa shape index (κ3) is 0.975. The van der Waals surface area contributed by atoms with Crippen molar-refractivity contribution in [3.05, 3.63) is 0 Å². The van der Waals surface area contributed by atoms with E-state index in [2.05, 4.69) is 10.3 Å². The van der Waals surface area contributed by atoms with Gasteiger partial charge in [-0.1, -0.05) is 0 Å². The van der Waals surface area contributed by atoms with Gasteiger partial charge in [-0.2, -0.15) is 4.99 Å². The van der Waals surface area contributed by atoms with Gasteiger partial charge in [0.2, 0.25) is 11.9 Å². The summed E-state index contributed by atoms with van der Waals surface area (Å²) in [5, 5.41) is 2.23. The lowest BCUT2D eigenvalue weighted by molar-refractivity contribution is -0.132. The first-order valence-corrected chi connectivity index (χ1v) is 2.80. The van der Waals surface area contributed by atoms with Gasteiger partial charge in [0.1, 0.15) is 5.92 Å². The molecule has 2 amide bonds. The Bertz CT molecular complexity index is 221. The number of hydrogen-bond donors (Lipinski definition) is 2. The molecular formula is C5H7N3O2. The van der Waals surface area contributed by atoms with Crippen LogP contribution in [0.1, 0.15) is 6.92 Å². The number of rotatable bonds is 0. The molecule has 3 N–H and O–H groups in total. The Labute approximate surface area is 57.3 Å². The Hall–Kier alpha value is -1.39.